The number of aromatic nitrogens is 2. The SMILES string of the molecule is COc1cc(OC)c(Cl)c(-c2cc3cnc(C)cc3c(N3CC(N(C)C)C3)n2)c1Cl. The van der Waals surface area contributed by atoms with Gasteiger partial charge < -0.3 is 19.3 Å². The summed E-state index contributed by atoms with van der Waals surface area (Å²) >= 11 is 13.3. The minimum Gasteiger partial charge on any atom is -0.495 e. The maximum Gasteiger partial charge on any atom is 0.141 e. The quantitative estimate of drug-likeness (QED) is 0.566. The summed E-state index contributed by atoms with van der Waals surface area (Å²) < 4.78 is 10.9. The number of anilines is 1. The van der Waals surface area contributed by atoms with E-state index < -0.39 is 0 Å². The molecule has 1 saturated heterocycles. The van der Waals surface area contributed by atoms with Gasteiger partial charge in [-0.25, -0.2) is 4.98 Å². The number of nitrogens with zero attached hydrogens (tertiary/aromatic N) is 4. The number of ether oxygens (including phenoxy) is 2. The number of benzene rings is 1. The van der Waals surface area contributed by atoms with Crippen LogP contribution >= 0.6 is 23.2 Å². The van der Waals surface area contributed by atoms with Crippen LogP contribution in [0.15, 0.2) is 24.4 Å². The molecule has 0 spiro atoms. The number of rotatable bonds is 5. The van der Waals surface area contributed by atoms with Gasteiger partial charge in [-0.1, -0.05) is 23.2 Å². The first-order valence-electron chi connectivity index (χ1n) is 9.63. The van der Waals surface area contributed by atoms with Crippen molar-refractivity contribution in [3.63, 3.8) is 0 Å². The molecule has 1 aliphatic heterocycles. The van der Waals surface area contributed by atoms with Crippen LogP contribution in [0.3, 0.4) is 0 Å². The van der Waals surface area contributed by atoms with Crippen LogP contribution < -0.4 is 14.4 Å². The molecule has 1 aromatic carbocycles. The number of pyridine rings is 2. The second kappa shape index (κ2) is 8.10. The molecule has 8 heteroatoms. The third-order valence-electron chi connectivity index (χ3n) is 5.55. The summed E-state index contributed by atoms with van der Waals surface area (Å²) in [7, 11) is 7.32. The van der Waals surface area contributed by atoms with Crippen molar-refractivity contribution in [2.75, 3.05) is 46.3 Å². The van der Waals surface area contributed by atoms with E-state index in [0.29, 0.717) is 38.8 Å². The van der Waals surface area contributed by atoms with Gasteiger partial charge in [0.25, 0.3) is 0 Å². The zero-order valence-corrected chi connectivity index (χ0v) is 19.2. The van der Waals surface area contributed by atoms with Crippen molar-refractivity contribution in [3.05, 3.63) is 40.1 Å². The van der Waals surface area contributed by atoms with Crippen LogP contribution in [0.2, 0.25) is 10.0 Å². The molecule has 0 unspecified atom stereocenters. The number of likely N-dealkylation sites (N-methyl/N-ethyl adjacent to an activating group) is 1. The van der Waals surface area contributed by atoms with Gasteiger partial charge in [0, 0.05) is 53.4 Å². The van der Waals surface area contributed by atoms with E-state index in [1.54, 1.807) is 20.3 Å². The summed E-state index contributed by atoms with van der Waals surface area (Å²) in [6.07, 6.45) is 1.86. The second-order valence-corrected chi connectivity index (χ2v) is 8.44. The molecule has 0 radical (unpaired) electrons. The summed E-state index contributed by atoms with van der Waals surface area (Å²) in [4.78, 5) is 14.0. The normalized spacial score (nSPS) is 14.3. The van der Waals surface area contributed by atoms with E-state index in [1.807, 2.05) is 19.2 Å². The van der Waals surface area contributed by atoms with Crippen LogP contribution in [0.5, 0.6) is 11.5 Å². The van der Waals surface area contributed by atoms with Crippen LogP contribution in [0.4, 0.5) is 5.82 Å². The van der Waals surface area contributed by atoms with E-state index in [-0.39, 0.29) is 0 Å². The van der Waals surface area contributed by atoms with E-state index in [1.165, 1.54) is 0 Å². The zero-order chi connectivity index (χ0) is 21.6. The monoisotopic (exact) mass is 446 g/mol. The van der Waals surface area contributed by atoms with Crippen molar-refractivity contribution < 1.29 is 9.47 Å². The molecular weight excluding hydrogens is 423 g/mol. The lowest BCUT2D eigenvalue weighted by molar-refractivity contribution is 0.246. The third-order valence-corrected chi connectivity index (χ3v) is 6.30. The van der Waals surface area contributed by atoms with Gasteiger partial charge >= 0.3 is 0 Å². The lowest BCUT2D eigenvalue weighted by Crippen LogP contribution is -2.57. The second-order valence-electron chi connectivity index (χ2n) is 7.68. The summed E-state index contributed by atoms with van der Waals surface area (Å²) in [6, 6.07) is 6.20. The topological polar surface area (TPSA) is 50.7 Å². The molecular formula is C22H24Cl2N4O2. The summed E-state index contributed by atoms with van der Waals surface area (Å²) in [5.74, 6) is 1.87. The fourth-order valence-corrected chi connectivity index (χ4v) is 4.36. The van der Waals surface area contributed by atoms with Gasteiger partial charge in [-0.3, -0.25) is 4.98 Å². The van der Waals surface area contributed by atoms with E-state index in [4.69, 9.17) is 37.7 Å². The lowest BCUT2D eigenvalue weighted by atomic mass is 10.0. The molecule has 0 amide bonds. The van der Waals surface area contributed by atoms with Crippen molar-refractivity contribution in [1.82, 2.24) is 14.9 Å². The van der Waals surface area contributed by atoms with Crippen LogP contribution in [-0.2, 0) is 0 Å². The molecule has 0 aliphatic carbocycles. The molecule has 30 heavy (non-hydrogen) atoms. The fraction of sp³-hybridized carbons (Fsp3) is 0.364. The lowest BCUT2D eigenvalue weighted by Gasteiger charge is -2.44. The highest BCUT2D eigenvalue weighted by Gasteiger charge is 2.31. The van der Waals surface area contributed by atoms with Crippen molar-refractivity contribution in [2.45, 2.75) is 13.0 Å². The standard InChI is InChI=1S/C22H24Cl2N4O2/c1-12-6-15-13(9-25-12)7-16(26-22(15)28-10-14(11-28)27(2)3)19-20(23)17(29-4)8-18(30-5)21(19)24/h6-9,14H,10-11H2,1-5H3. The summed E-state index contributed by atoms with van der Waals surface area (Å²) in [5, 5.41) is 2.83. The third kappa shape index (κ3) is 3.53. The largest absolute Gasteiger partial charge is 0.495 e. The minimum absolute atomic E-state index is 0.399. The zero-order valence-electron chi connectivity index (χ0n) is 17.7. The molecule has 4 rings (SSSR count). The van der Waals surface area contributed by atoms with Gasteiger partial charge in [0.1, 0.15) is 17.3 Å². The molecule has 6 nitrogen and oxygen atoms in total. The van der Waals surface area contributed by atoms with E-state index in [0.717, 1.165) is 35.4 Å². The van der Waals surface area contributed by atoms with Gasteiger partial charge in [0.05, 0.1) is 30.0 Å². The Labute approximate surface area is 186 Å². The van der Waals surface area contributed by atoms with Crippen molar-refractivity contribution in [1.29, 1.82) is 0 Å². The van der Waals surface area contributed by atoms with Crippen LogP contribution in [0.1, 0.15) is 5.69 Å². The van der Waals surface area contributed by atoms with Crippen molar-refractivity contribution in [2.24, 2.45) is 0 Å². The molecule has 158 valence electrons. The maximum atomic E-state index is 6.66. The van der Waals surface area contributed by atoms with Gasteiger partial charge in [-0.05, 0) is 33.2 Å². The number of fused-ring (bicyclic) bond motifs is 1. The highest BCUT2D eigenvalue weighted by atomic mass is 35.5. The maximum absolute atomic E-state index is 6.66. The molecule has 0 N–H and O–H groups in total. The first kappa shape index (κ1) is 21.0. The van der Waals surface area contributed by atoms with Gasteiger partial charge in [0.15, 0.2) is 0 Å². The fourth-order valence-electron chi connectivity index (χ4n) is 3.67. The number of hydrogen-bond acceptors (Lipinski definition) is 6. The molecule has 0 saturated carbocycles. The van der Waals surface area contributed by atoms with Crippen molar-refractivity contribution >= 4 is 39.8 Å². The summed E-state index contributed by atoms with van der Waals surface area (Å²) in [5.41, 5.74) is 2.19. The highest BCUT2D eigenvalue weighted by Crippen LogP contribution is 2.46. The van der Waals surface area contributed by atoms with Crippen LogP contribution in [0.25, 0.3) is 22.0 Å². The molecule has 3 aromatic rings. The molecule has 1 fully saturated rings. The molecule has 0 atom stereocenters. The number of halogens is 2. The Bertz CT molecular complexity index is 1090. The Hall–Kier alpha value is -2.28. The Morgan fingerprint density at radius 2 is 1.67 bits per heavy atom. The average Bonchev–Trinajstić information content (AvgIpc) is 2.67. The minimum atomic E-state index is 0.399. The Kier molecular flexibility index (Phi) is 5.66. The summed E-state index contributed by atoms with van der Waals surface area (Å²) in [6.45, 7) is 3.79. The first-order valence-corrected chi connectivity index (χ1v) is 10.4. The number of methoxy groups -OCH3 is 2. The van der Waals surface area contributed by atoms with Crippen LogP contribution in [-0.4, -0.2) is 62.3 Å². The van der Waals surface area contributed by atoms with Crippen molar-refractivity contribution in [3.8, 4) is 22.8 Å². The Balaban J connectivity index is 1.93. The van der Waals surface area contributed by atoms with E-state index in [2.05, 4.69) is 34.9 Å². The Morgan fingerprint density at radius 1 is 1.03 bits per heavy atom. The predicted molar refractivity (Wildman–Crippen MR) is 123 cm³/mol. The molecule has 1 aliphatic rings. The molecule has 2 aromatic heterocycles. The van der Waals surface area contributed by atoms with E-state index in [9.17, 15) is 0 Å². The van der Waals surface area contributed by atoms with E-state index >= 15 is 0 Å². The smallest absolute Gasteiger partial charge is 0.141 e. The van der Waals surface area contributed by atoms with Crippen LogP contribution in [0, 0.1) is 6.92 Å². The molecule has 3 heterocycles. The number of hydrogen-bond donors (Lipinski definition) is 0. The first-order chi connectivity index (χ1) is 14.3. The highest BCUT2D eigenvalue weighted by molar-refractivity contribution is 6.41. The predicted octanol–water partition coefficient (Wildman–Crippen LogP) is 4.68. The van der Waals surface area contributed by atoms with Gasteiger partial charge in [-0.2, -0.15) is 0 Å². The Morgan fingerprint density at radius 3 is 2.23 bits per heavy atom. The molecule has 0 bridgehead atoms. The van der Waals surface area contributed by atoms with Gasteiger partial charge in [0.2, 0.25) is 0 Å². The number of aryl methyl sites for hydroxylation is 1. The average molecular weight is 447 g/mol. The van der Waals surface area contributed by atoms with Gasteiger partial charge in [-0.15, -0.1) is 0 Å².